The van der Waals surface area contributed by atoms with Crippen molar-refractivity contribution in [2.75, 3.05) is 34.0 Å². The maximum Gasteiger partial charge on any atom is 0.339 e. The molecule has 1 saturated heterocycles. The summed E-state index contributed by atoms with van der Waals surface area (Å²) in [6.45, 7) is 0.967. The summed E-state index contributed by atoms with van der Waals surface area (Å²) < 4.78 is 16.9. The van der Waals surface area contributed by atoms with E-state index in [1.165, 1.54) is 24.0 Å². The van der Waals surface area contributed by atoms with Crippen LogP contribution in [-0.4, -0.2) is 103 Å². The third kappa shape index (κ3) is 7.25. The molecule has 1 aromatic rings. The van der Waals surface area contributed by atoms with Gasteiger partial charge in [-0.25, -0.2) is 4.79 Å². The predicted octanol–water partition coefficient (Wildman–Crippen LogP) is -0.641. The number of hydrogen-bond acceptors (Lipinski definition) is 9. The molecule has 0 radical (unpaired) electrons. The molecule has 38 heavy (non-hydrogen) atoms. The predicted molar refractivity (Wildman–Crippen MR) is 134 cm³/mol. The number of aliphatic hydroxyl groups is 2. The summed E-state index contributed by atoms with van der Waals surface area (Å²) in [7, 11) is 3.23. The molecule has 12 heteroatoms. The molecule has 3 amide bonds. The second kappa shape index (κ2) is 13.3. The second-order valence-corrected chi connectivity index (χ2v) is 9.08. The fourth-order valence-electron chi connectivity index (χ4n) is 3.99. The standard InChI is InChI=1S/C26H33N3O9/c1-15(31)22(25(34)27-10-11-30)28-24(33)17-12-19-23(37-14-36-19)20(13-17)38-26(35)18-7-5-4-6-16(18)8-9-21(32)29(2)3/h4-9,12,15,19-20,22-23,30-31H,10-11,13-14H2,1-3H3,(H,27,34)(H,28,33). The first-order valence-electron chi connectivity index (χ1n) is 12.1. The van der Waals surface area contributed by atoms with Crippen LogP contribution < -0.4 is 10.6 Å². The maximum atomic E-state index is 13.2. The van der Waals surface area contributed by atoms with Crippen molar-refractivity contribution in [1.82, 2.24) is 15.5 Å². The average molecular weight is 532 g/mol. The van der Waals surface area contributed by atoms with Gasteiger partial charge >= 0.3 is 5.97 Å². The number of hydrogen-bond donors (Lipinski definition) is 4. The van der Waals surface area contributed by atoms with E-state index in [2.05, 4.69) is 10.6 Å². The van der Waals surface area contributed by atoms with E-state index in [9.17, 15) is 24.3 Å². The average Bonchev–Trinajstić information content (AvgIpc) is 3.37. The van der Waals surface area contributed by atoms with Crippen LogP contribution in [0, 0.1) is 0 Å². The smallest absolute Gasteiger partial charge is 0.339 e. The number of likely N-dealkylation sites (N-methyl/N-ethyl adjacent to an activating group) is 1. The molecule has 12 nitrogen and oxygen atoms in total. The van der Waals surface area contributed by atoms with E-state index in [-0.39, 0.29) is 43.4 Å². The van der Waals surface area contributed by atoms with E-state index in [4.69, 9.17) is 19.3 Å². The molecule has 3 rings (SSSR count). The molecule has 0 spiro atoms. The van der Waals surface area contributed by atoms with Gasteiger partial charge in [-0.05, 0) is 30.7 Å². The first kappa shape index (κ1) is 29.0. The Kier molecular flexibility index (Phi) is 10.1. The van der Waals surface area contributed by atoms with Crippen LogP contribution in [0.3, 0.4) is 0 Å². The third-order valence-electron chi connectivity index (χ3n) is 6.04. The molecule has 206 valence electrons. The van der Waals surface area contributed by atoms with Gasteiger partial charge in [0.15, 0.2) is 0 Å². The number of aliphatic hydroxyl groups excluding tert-OH is 2. The Morgan fingerprint density at radius 3 is 2.63 bits per heavy atom. The highest BCUT2D eigenvalue weighted by Gasteiger charge is 2.43. The number of fused-ring (bicyclic) bond motifs is 1. The zero-order valence-corrected chi connectivity index (χ0v) is 21.5. The molecule has 1 aromatic carbocycles. The fourth-order valence-corrected chi connectivity index (χ4v) is 3.99. The van der Waals surface area contributed by atoms with Gasteiger partial charge in [0.2, 0.25) is 17.7 Å². The molecule has 5 unspecified atom stereocenters. The number of carbonyl (C=O) groups is 4. The van der Waals surface area contributed by atoms with Crippen molar-refractivity contribution >= 4 is 29.8 Å². The van der Waals surface area contributed by atoms with Crippen molar-refractivity contribution in [2.45, 2.75) is 43.8 Å². The second-order valence-electron chi connectivity index (χ2n) is 9.08. The van der Waals surface area contributed by atoms with Gasteiger partial charge in [0, 0.05) is 38.7 Å². The topological polar surface area (TPSA) is 164 Å². The third-order valence-corrected chi connectivity index (χ3v) is 6.04. The van der Waals surface area contributed by atoms with Gasteiger partial charge in [0.05, 0.1) is 18.3 Å². The Hall–Kier alpha value is -3.58. The summed E-state index contributed by atoms with van der Waals surface area (Å²) in [5.74, 6) is -2.22. The van der Waals surface area contributed by atoms with Crippen molar-refractivity contribution < 1.29 is 43.6 Å². The lowest BCUT2D eigenvalue weighted by Crippen LogP contribution is -2.54. The molecule has 1 heterocycles. The lowest BCUT2D eigenvalue weighted by Gasteiger charge is -2.31. The largest absolute Gasteiger partial charge is 0.456 e. The van der Waals surface area contributed by atoms with Crippen LogP contribution in [0.1, 0.15) is 29.3 Å². The van der Waals surface area contributed by atoms with E-state index in [0.717, 1.165) is 0 Å². The molecule has 0 saturated carbocycles. The van der Waals surface area contributed by atoms with Gasteiger partial charge in [-0.1, -0.05) is 18.2 Å². The number of amides is 3. The van der Waals surface area contributed by atoms with Crippen LogP contribution in [-0.2, 0) is 28.6 Å². The van der Waals surface area contributed by atoms with Crippen molar-refractivity contribution in [2.24, 2.45) is 0 Å². The van der Waals surface area contributed by atoms with E-state index >= 15 is 0 Å². The van der Waals surface area contributed by atoms with Crippen LogP contribution in [0.4, 0.5) is 0 Å². The zero-order chi connectivity index (χ0) is 27.8. The first-order valence-corrected chi connectivity index (χ1v) is 12.1. The van der Waals surface area contributed by atoms with Crippen molar-refractivity contribution in [1.29, 1.82) is 0 Å². The molecule has 1 aliphatic carbocycles. The summed E-state index contributed by atoms with van der Waals surface area (Å²) >= 11 is 0. The summed E-state index contributed by atoms with van der Waals surface area (Å²) in [5, 5.41) is 23.8. The highest BCUT2D eigenvalue weighted by molar-refractivity contribution is 5.98. The molecule has 1 aliphatic heterocycles. The Morgan fingerprint density at radius 2 is 1.95 bits per heavy atom. The Morgan fingerprint density at radius 1 is 1.21 bits per heavy atom. The normalized spacial score (nSPS) is 22.1. The molecule has 5 atom stereocenters. The number of nitrogens with one attached hydrogen (secondary N) is 2. The maximum absolute atomic E-state index is 13.2. The Bertz CT molecular complexity index is 1100. The molecule has 1 fully saturated rings. The van der Waals surface area contributed by atoms with E-state index in [1.54, 1.807) is 44.4 Å². The fraction of sp³-hybridized carbons (Fsp3) is 0.462. The van der Waals surface area contributed by atoms with Gasteiger partial charge in [0.1, 0.15) is 31.1 Å². The van der Waals surface area contributed by atoms with Crippen LogP contribution in [0.2, 0.25) is 0 Å². The minimum absolute atomic E-state index is 0.0238. The van der Waals surface area contributed by atoms with E-state index in [1.807, 2.05) is 0 Å². The van der Waals surface area contributed by atoms with Crippen LogP contribution in [0.15, 0.2) is 42.0 Å². The number of nitrogens with zero attached hydrogens (tertiary/aromatic N) is 1. The van der Waals surface area contributed by atoms with Crippen LogP contribution >= 0.6 is 0 Å². The molecular weight excluding hydrogens is 498 g/mol. The van der Waals surface area contributed by atoms with E-state index in [0.29, 0.717) is 5.56 Å². The molecule has 4 N–H and O–H groups in total. The molecule has 2 aliphatic rings. The lowest BCUT2D eigenvalue weighted by molar-refractivity contribution is -0.130. The van der Waals surface area contributed by atoms with Crippen molar-refractivity contribution in [3.8, 4) is 0 Å². The zero-order valence-electron chi connectivity index (χ0n) is 21.5. The minimum Gasteiger partial charge on any atom is -0.456 e. The summed E-state index contributed by atoms with van der Waals surface area (Å²) in [6.07, 6.45) is 0.992. The summed E-state index contributed by atoms with van der Waals surface area (Å²) in [5.41, 5.74) is 0.895. The quantitative estimate of drug-likeness (QED) is 0.227. The Labute approximate surface area is 220 Å². The number of rotatable bonds is 10. The highest BCUT2D eigenvalue weighted by atomic mass is 16.7. The number of ether oxygens (including phenoxy) is 3. The van der Waals surface area contributed by atoms with Gasteiger partial charge in [-0.2, -0.15) is 0 Å². The highest BCUT2D eigenvalue weighted by Crippen LogP contribution is 2.31. The van der Waals surface area contributed by atoms with Gasteiger partial charge in [-0.15, -0.1) is 0 Å². The minimum atomic E-state index is -1.27. The van der Waals surface area contributed by atoms with Crippen LogP contribution in [0.25, 0.3) is 6.08 Å². The van der Waals surface area contributed by atoms with Crippen molar-refractivity contribution in [3.05, 3.63) is 53.1 Å². The summed E-state index contributed by atoms with van der Waals surface area (Å²) in [4.78, 5) is 51.9. The van der Waals surface area contributed by atoms with Crippen LogP contribution in [0.5, 0.6) is 0 Å². The first-order chi connectivity index (χ1) is 18.1. The number of carbonyl (C=O) groups excluding carboxylic acids is 4. The van der Waals surface area contributed by atoms with Crippen molar-refractivity contribution in [3.63, 3.8) is 0 Å². The summed E-state index contributed by atoms with van der Waals surface area (Å²) in [6, 6.07) is 5.36. The number of benzene rings is 1. The monoisotopic (exact) mass is 531 g/mol. The SMILES string of the molecule is CC(O)C(NC(=O)C1=CC2OCOC2C(OC(=O)c2ccccc2C=CC(=O)N(C)C)C1)C(=O)NCCO. The molecular formula is C26H33N3O9. The molecule has 0 aromatic heterocycles. The number of esters is 1. The molecule has 0 bridgehead atoms. The van der Waals surface area contributed by atoms with Gasteiger partial charge in [-0.3, -0.25) is 14.4 Å². The Balaban J connectivity index is 1.76. The van der Waals surface area contributed by atoms with Gasteiger partial charge in [0.25, 0.3) is 0 Å². The van der Waals surface area contributed by atoms with Gasteiger partial charge < -0.3 is 40.0 Å². The van der Waals surface area contributed by atoms with E-state index < -0.39 is 48.2 Å². The lowest BCUT2D eigenvalue weighted by atomic mass is 9.91.